The van der Waals surface area contributed by atoms with Crippen molar-refractivity contribution in [2.75, 3.05) is 42.9 Å². The molecule has 0 radical (unpaired) electrons. The zero-order valence-electron chi connectivity index (χ0n) is 21.0. The third-order valence-corrected chi connectivity index (χ3v) is 9.26. The summed E-state index contributed by atoms with van der Waals surface area (Å²) in [5, 5.41) is 4.27. The molecule has 190 valence electrons. The molecule has 4 aromatic heterocycles. The van der Waals surface area contributed by atoms with Crippen LogP contribution in [0, 0.1) is 11.2 Å². The first-order chi connectivity index (χ1) is 18.1. The van der Waals surface area contributed by atoms with Crippen molar-refractivity contribution in [1.82, 2.24) is 24.8 Å². The lowest BCUT2D eigenvalue weighted by molar-refractivity contribution is -0.0178. The maximum atomic E-state index is 14.9. The number of anilines is 3. The van der Waals surface area contributed by atoms with E-state index in [1.54, 1.807) is 0 Å². The Morgan fingerprint density at radius 3 is 2.65 bits per heavy atom. The van der Waals surface area contributed by atoms with Crippen molar-refractivity contribution in [3.8, 4) is 10.6 Å². The molecule has 3 aliphatic rings. The highest BCUT2D eigenvalue weighted by Crippen LogP contribution is 2.42. The normalized spacial score (nSPS) is 19.4. The summed E-state index contributed by atoms with van der Waals surface area (Å²) in [5.41, 5.74) is 3.23. The van der Waals surface area contributed by atoms with E-state index >= 15 is 0 Å². The van der Waals surface area contributed by atoms with Gasteiger partial charge in [0.05, 0.1) is 23.0 Å². The van der Waals surface area contributed by atoms with Gasteiger partial charge in [0.25, 0.3) is 0 Å². The van der Waals surface area contributed by atoms with Crippen molar-refractivity contribution < 1.29 is 4.39 Å². The standard InChI is InChI=1S/C28H30FN7S/c1-2-35-14-28(15-35)16-36(17-28)19-7-8-24(31-12-19)33-27-32-13-22(29)25(34-27)23-11-21-20(18-5-3-4-6-18)9-10-30-26(21)37-23/h7-13,18H,2-6,14-17H2,1H3,(H,31,32,33,34). The predicted octanol–water partition coefficient (Wildman–Crippen LogP) is 5.83. The molecule has 7 rings (SSSR count). The van der Waals surface area contributed by atoms with Gasteiger partial charge in [-0.2, -0.15) is 0 Å². The molecule has 2 saturated heterocycles. The molecule has 0 aromatic carbocycles. The summed E-state index contributed by atoms with van der Waals surface area (Å²) in [6.45, 7) is 7.95. The monoisotopic (exact) mass is 515 g/mol. The molecule has 1 saturated carbocycles. The van der Waals surface area contributed by atoms with Crippen LogP contribution in [-0.4, -0.2) is 57.6 Å². The fourth-order valence-electron chi connectivity index (χ4n) is 6.30. The number of thiophene rings is 1. The minimum Gasteiger partial charge on any atom is -0.369 e. The van der Waals surface area contributed by atoms with Gasteiger partial charge in [0.2, 0.25) is 5.95 Å². The number of fused-ring (bicyclic) bond motifs is 1. The summed E-state index contributed by atoms with van der Waals surface area (Å²) in [7, 11) is 0. The molecular weight excluding hydrogens is 485 g/mol. The minimum absolute atomic E-state index is 0.294. The van der Waals surface area contributed by atoms with Crippen molar-refractivity contribution in [2.45, 2.75) is 38.5 Å². The van der Waals surface area contributed by atoms with Crippen LogP contribution in [0.4, 0.5) is 21.8 Å². The highest BCUT2D eigenvalue weighted by atomic mass is 32.1. The summed E-state index contributed by atoms with van der Waals surface area (Å²) < 4.78 is 14.9. The predicted molar refractivity (Wildman–Crippen MR) is 146 cm³/mol. The second-order valence-corrected chi connectivity index (χ2v) is 11.8. The minimum atomic E-state index is -0.438. The number of likely N-dealkylation sites (tertiary alicyclic amines) is 1. The lowest BCUT2D eigenvalue weighted by atomic mass is 9.72. The largest absolute Gasteiger partial charge is 0.369 e. The van der Waals surface area contributed by atoms with Crippen LogP contribution in [-0.2, 0) is 0 Å². The summed E-state index contributed by atoms with van der Waals surface area (Å²) in [6.07, 6.45) is 9.95. The molecule has 0 bridgehead atoms. The number of rotatable bonds is 6. The maximum absolute atomic E-state index is 14.9. The number of nitrogens with zero attached hydrogens (tertiary/aromatic N) is 6. The molecular formula is C28H30FN7S. The highest BCUT2D eigenvalue weighted by Gasteiger charge is 2.51. The van der Waals surface area contributed by atoms with E-state index < -0.39 is 5.82 Å². The first-order valence-electron chi connectivity index (χ1n) is 13.2. The van der Waals surface area contributed by atoms with Crippen LogP contribution in [0.5, 0.6) is 0 Å². The van der Waals surface area contributed by atoms with Gasteiger partial charge in [-0.15, -0.1) is 11.3 Å². The van der Waals surface area contributed by atoms with Gasteiger partial charge in [0.1, 0.15) is 16.3 Å². The number of pyridine rings is 2. The SMILES string of the molecule is CCN1CC2(C1)CN(c1ccc(Nc3ncc(F)c(-c4cc5c(C6CCCC6)ccnc5s4)n3)nc1)C2. The molecule has 0 unspecified atom stereocenters. The second-order valence-electron chi connectivity index (χ2n) is 10.8. The van der Waals surface area contributed by atoms with Crippen molar-refractivity contribution in [1.29, 1.82) is 0 Å². The lowest BCUT2D eigenvalue weighted by Gasteiger charge is -2.61. The zero-order chi connectivity index (χ0) is 25.0. The number of aromatic nitrogens is 4. The zero-order valence-corrected chi connectivity index (χ0v) is 21.8. The molecule has 1 N–H and O–H groups in total. The van der Waals surface area contributed by atoms with E-state index in [2.05, 4.69) is 54.1 Å². The van der Waals surface area contributed by atoms with Crippen LogP contribution in [0.15, 0.2) is 42.9 Å². The van der Waals surface area contributed by atoms with E-state index in [1.807, 2.05) is 24.5 Å². The highest BCUT2D eigenvalue weighted by molar-refractivity contribution is 7.21. The average molecular weight is 516 g/mol. The van der Waals surface area contributed by atoms with Crippen LogP contribution < -0.4 is 10.2 Å². The van der Waals surface area contributed by atoms with E-state index in [0.717, 1.165) is 40.4 Å². The van der Waals surface area contributed by atoms with Crippen LogP contribution >= 0.6 is 11.3 Å². The lowest BCUT2D eigenvalue weighted by Crippen LogP contribution is -2.72. The first-order valence-corrected chi connectivity index (χ1v) is 14.0. The van der Waals surface area contributed by atoms with Gasteiger partial charge in [-0.25, -0.2) is 24.3 Å². The Balaban J connectivity index is 1.08. The van der Waals surface area contributed by atoms with Crippen molar-refractivity contribution >= 4 is 39.0 Å². The van der Waals surface area contributed by atoms with Gasteiger partial charge in [0.15, 0.2) is 5.82 Å². The fraction of sp³-hybridized carbons (Fsp3) is 0.429. The Morgan fingerprint density at radius 2 is 1.89 bits per heavy atom. The molecule has 1 spiro atoms. The molecule has 1 aliphatic carbocycles. The van der Waals surface area contributed by atoms with Gasteiger partial charge >= 0.3 is 0 Å². The topological polar surface area (TPSA) is 70.1 Å². The molecule has 7 nitrogen and oxygen atoms in total. The Labute approximate surface area is 219 Å². The van der Waals surface area contributed by atoms with Gasteiger partial charge in [-0.3, -0.25) is 0 Å². The number of hydrogen-bond donors (Lipinski definition) is 1. The van der Waals surface area contributed by atoms with Crippen molar-refractivity contribution in [2.24, 2.45) is 5.41 Å². The second kappa shape index (κ2) is 8.99. The van der Waals surface area contributed by atoms with Gasteiger partial charge < -0.3 is 15.1 Å². The Morgan fingerprint density at radius 1 is 1.05 bits per heavy atom. The summed E-state index contributed by atoms with van der Waals surface area (Å²) in [6, 6.07) is 8.18. The smallest absolute Gasteiger partial charge is 0.229 e. The Bertz CT molecular complexity index is 1430. The van der Waals surface area contributed by atoms with Crippen molar-refractivity contribution in [3.63, 3.8) is 0 Å². The van der Waals surface area contributed by atoms with Crippen LogP contribution in [0.2, 0.25) is 0 Å². The Kier molecular flexibility index (Phi) is 5.58. The Hall–Kier alpha value is -3.17. The molecule has 37 heavy (non-hydrogen) atoms. The van der Waals surface area contributed by atoms with Crippen LogP contribution in [0.3, 0.4) is 0 Å². The summed E-state index contributed by atoms with van der Waals surface area (Å²) >= 11 is 1.48. The molecule has 3 fully saturated rings. The third-order valence-electron chi connectivity index (χ3n) is 8.21. The number of halogens is 1. The number of nitrogens with one attached hydrogen (secondary N) is 1. The summed E-state index contributed by atoms with van der Waals surface area (Å²) in [5.74, 6) is 1.09. The summed E-state index contributed by atoms with van der Waals surface area (Å²) in [4.78, 5) is 24.4. The molecule has 0 atom stereocenters. The van der Waals surface area contributed by atoms with Crippen LogP contribution in [0.1, 0.15) is 44.1 Å². The molecule has 2 aliphatic heterocycles. The molecule has 9 heteroatoms. The van der Waals surface area contributed by atoms with Gasteiger partial charge in [-0.05, 0) is 55.1 Å². The molecule has 4 aromatic rings. The average Bonchev–Trinajstić information content (AvgIpc) is 3.55. The van der Waals surface area contributed by atoms with E-state index in [4.69, 9.17) is 0 Å². The van der Waals surface area contributed by atoms with E-state index in [9.17, 15) is 4.39 Å². The first kappa shape index (κ1) is 23.0. The van der Waals surface area contributed by atoms with Crippen molar-refractivity contribution in [3.05, 3.63) is 54.2 Å². The third kappa shape index (κ3) is 4.14. The van der Waals surface area contributed by atoms with Gasteiger partial charge in [0, 0.05) is 43.2 Å². The van der Waals surface area contributed by atoms with Gasteiger partial charge in [-0.1, -0.05) is 19.8 Å². The molecule has 0 amide bonds. The number of hydrogen-bond acceptors (Lipinski definition) is 8. The quantitative estimate of drug-likeness (QED) is 0.346. The van der Waals surface area contributed by atoms with E-state index in [-0.39, 0.29) is 0 Å². The van der Waals surface area contributed by atoms with Crippen LogP contribution in [0.25, 0.3) is 20.8 Å². The van der Waals surface area contributed by atoms with E-state index in [1.165, 1.54) is 61.9 Å². The molecule has 6 heterocycles. The maximum Gasteiger partial charge on any atom is 0.229 e. The fourth-order valence-corrected chi connectivity index (χ4v) is 7.33. The van der Waals surface area contributed by atoms with E-state index in [0.29, 0.717) is 28.8 Å².